The summed E-state index contributed by atoms with van der Waals surface area (Å²) < 4.78 is 5.13. The van der Waals surface area contributed by atoms with Crippen LogP contribution < -0.4 is 0 Å². The zero-order chi connectivity index (χ0) is 18.8. The van der Waals surface area contributed by atoms with Crippen molar-refractivity contribution in [2.45, 2.75) is 71.8 Å². The van der Waals surface area contributed by atoms with Crippen LogP contribution in [0.1, 0.15) is 66.2 Å². The van der Waals surface area contributed by atoms with E-state index in [1.165, 1.54) is 7.11 Å². The molecule has 0 aromatic rings. The predicted octanol–water partition coefficient (Wildman–Crippen LogP) is 3.51. The van der Waals surface area contributed by atoms with E-state index in [0.717, 1.165) is 44.2 Å². The Balaban J connectivity index is 1.65. The topological polar surface area (TPSA) is 65.0 Å². The van der Waals surface area contributed by atoms with Crippen molar-refractivity contribution in [3.63, 3.8) is 0 Å². The molecule has 0 radical (unpaired) electrons. The van der Waals surface area contributed by atoms with Crippen molar-refractivity contribution < 1.29 is 19.2 Å². The van der Waals surface area contributed by atoms with Gasteiger partial charge in [-0.2, -0.15) is 0 Å². The molecular formula is C21H29NO4. The van der Waals surface area contributed by atoms with Gasteiger partial charge in [-0.25, -0.2) is 0 Å². The second-order valence-corrected chi connectivity index (χ2v) is 10.3. The van der Waals surface area contributed by atoms with Crippen LogP contribution in [0.15, 0.2) is 5.16 Å². The van der Waals surface area contributed by atoms with Crippen LogP contribution in [0.4, 0.5) is 0 Å². The normalized spacial score (nSPS) is 55.8. The van der Waals surface area contributed by atoms with Gasteiger partial charge in [-0.05, 0) is 63.2 Å². The van der Waals surface area contributed by atoms with E-state index in [0.29, 0.717) is 17.3 Å². The molecule has 142 valence electrons. The minimum absolute atomic E-state index is 0.238. The van der Waals surface area contributed by atoms with Crippen LogP contribution in [0.25, 0.3) is 0 Å². The third kappa shape index (κ3) is 1.41. The number of ketones is 1. The highest BCUT2D eigenvalue weighted by molar-refractivity contribution is 6.11. The van der Waals surface area contributed by atoms with Crippen molar-refractivity contribution in [3.05, 3.63) is 0 Å². The van der Waals surface area contributed by atoms with Gasteiger partial charge in [0, 0.05) is 0 Å². The maximum atomic E-state index is 13.0. The first-order valence-corrected chi connectivity index (χ1v) is 9.98. The molecule has 1 aliphatic heterocycles. The molecule has 6 rings (SSSR count). The van der Waals surface area contributed by atoms with Crippen LogP contribution in [0.5, 0.6) is 0 Å². The van der Waals surface area contributed by atoms with Gasteiger partial charge in [-0.1, -0.05) is 25.4 Å². The van der Waals surface area contributed by atoms with E-state index < -0.39 is 16.4 Å². The van der Waals surface area contributed by atoms with Crippen molar-refractivity contribution >= 4 is 17.5 Å². The maximum Gasteiger partial charge on any atom is 0.317 e. The highest BCUT2D eigenvalue weighted by Crippen LogP contribution is 2.85. The third-order valence-corrected chi connectivity index (χ3v) is 9.49. The van der Waals surface area contributed by atoms with E-state index in [-0.39, 0.29) is 17.2 Å². The van der Waals surface area contributed by atoms with Crippen LogP contribution >= 0.6 is 0 Å². The number of Topliss-reactive ketones (excluding diaryl/α,β-unsaturated/α-hetero) is 1. The molecule has 26 heavy (non-hydrogen) atoms. The number of carbonyl (C=O) groups is 2. The molecule has 0 amide bonds. The second-order valence-electron chi connectivity index (χ2n) is 10.3. The monoisotopic (exact) mass is 359 g/mol. The summed E-state index contributed by atoms with van der Waals surface area (Å²) in [6.45, 7) is 8.22. The van der Waals surface area contributed by atoms with Crippen molar-refractivity contribution in [2.75, 3.05) is 7.11 Å². The number of oxime groups is 1. The maximum absolute atomic E-state index is 13.0. The number of nitrogens with zero attached hydrogens (tertiary/aromatic N) is 1. The summed E-state index contributed by atoms with van der Waals surface area (Å²) in [4.78, 5) is 32.0. The fourth-order valence-corrected chi connectivity index (χ4v) is 8.00. The fourth-order valence-electron chi connectivity index (χ4n) is 8.00. The Hall–Kier alpha value is -1.39. The number of hydrogen-bond donors (Lipinski definition) is 0. The highest BCUT2D eigenvalue weighted by atomic mass is 16.7. The van der Waals surface area contributed by atoms with Gasteiger partial charge in [-0.15, -0.1) is 0 Å². The molecule has 0 aromatic heterocycles. The summed E-state index contributed by atoms with van der Waals surface area (Å²) in [6.07, 6.45) is 5.31. The standard InChI is InChI=1S/C21H29NO4/c1-12(23)20-9-13-14(18(13,3)11-20)10-21(20)19(4)8-6-7-17(2,16(24)25-5)15(19)22-26-21/h13-14H,6-11H2,1-5H3/t13?,14?,17-,18?,19-,20?,21-/m1/s1. The predicted molar refractivity (Wildman–Crippen MR) is 95.4 cm³/mol. The number of rotatable bonds is 2. The summed E-state index contributed by atoms with van der Waals surface area (Å²) in [5.74, 6) is 1.29. The first-order valence-electron chi connectivity index (χ1n) is 9.98. The van der Waals surface area contributed by atoms with Gasteiger partial charge in [0.1, 0.15) is 11.2 Å². The number of carbonyl (C=O) groups excluding carboxylic acids is 2. The van der Waals surface area contributed by atoms with Gasteiger partial charge in [0.2, 0.25) is 0 Å². The molecule has 5 saturated carbocycles. The van der Waals surface area contributed by atoms with Crippen LogP contribution in [0.2, 0.25) is 0 Å². The molecule has 4 unspecified atom stereocenters. The third-order valence-electron chi connectivity index (χ3n) is 9.49. The Morgan fingerprint density at radius 3 is 2.42 bits per heavy atom. The molecule has 0 saturated heterocycles. The molecule has 5 heteroatoms. The quantitative estimate of drug-likeness (QED) is 0.708. The first-order chi connectivity index (χ1) is 12.1. The van der Waals surface area contributed by atoms with Gasteiger partial charge < -0.3 is 9.57 Å². The molecule has 1 spiro atoms. The Kier molecular flexibility index (Phi) is 2.81. The molecule has 5 aliphatic carbocycles. The first kappa shape index (κ1) is 16.8. The van der Waals surface area contributed by atoms with E-state index in [2.05, 4.69) is 19.0 Å². The van der Waals surface area contributed by atoms with Crippen molar-refractivity contribution in [1.29, 1.82) is 0 Å². The van der Waals surface area contributed by atoms with Crippen molar-refractivity contribution in [2.24, 2.45) is 38.7 Å². The summed E-state index contributed by atoms with van der Waals surface area (Å²) in [6, 6.07) is 0. The van der Waals surface area contributed by atoms with E-state index >= 15 is 0 Å². The molecule has 4 bridgehead atoms. The van der Waals surface area contributed by atoms with Gasteiger partial charge in [-0.3, -0.25) is 9.59 Å². The van der Waals surface area contributed by atoms with E-state index in [1.807, 2.05) is 6.92 Å². The molecule has 5 nitrogen and oxygen atoms in total. The van der Waals surface area contributed by atoms with Crippen molar-refractivity contribution in [3.8, 4) is 0 Å². The van der Waals surface area contributed by atoms with Gasteiger partial charge in [0.15, 0.2) is 5.60 Å². The zero-order valence-electron chi connectivity index (χ0n) is 16.5. The summed E-state index contributed by atoms with van der Waals surface area (Å²) in [5.41, 5.74) is -1.06. The number of hydrogen-bond acceptors (Lipinski definition) is 5. The fraction of sp³-hybridized carbons (Fsp3) is 0.857. The molecule has 0 N–H and O–H groups in total. The molecule has 7 atom stereocenters. The van der Waals surface area contributed by atoms with E-state index in [9.17, 15) is 9.59 Å². The van der Waals surface area contributed by atoms with Gasteiger partial charge in [0.05, 0.1) is 23.7 Å². The van der Waals surface area contributed by atoms with Crippen LogP contribution in [-0.4, -0.2) is 30.2 Å². The largest absolute Gasteiger partial charge is 0.468 e. The lowest BCUT2D eigenvalue weighted by atomic mass is 9.44. The van der Waals surface area contributed by atoms with E-state index in [4.69, 9.17) is 9.57 Å². The van der Waals surface area contributed by atoms with Crippen LogP contribution in [0, 0.1) is 33.5 Å². The zero-order valence-corrected chi connectivity index (χ0v) is 16.5. The van der Waals surface area contributed by atoms with Gasteiger partial charge >= 0.3 is 5.97 Å². The summed E-state index contributed by atoms with van der Waals surface area (Å²) >= 11 is 0. The smallest absolute Gasteiger partial charge is 0.317 e. The molecule has 6 aliphatic rings. The van der Waals surface area contributed by atoms with Gasteiger partial charge in [0.25, 0.3) is 0 Å². The summed E-state index contributed by atoms with van der Waals surface area (Å²) in [7, 11) is 1.44. The van der Waals surface area contributed by atoms with E-state index in [1.54, 1.807) is 6.92 Å². The SMILES string of the molecule is COC(=O)[C@]1(C)CCC[C@]2(C)C1=NO[C@]21CC2C3CC1(C(C)=O)CC32C. The Bertz CT molecular complexity index is 776. The lowest BCUT2D eigenvalue weighted by Crippen LogP contribution is -2.67. The van der Waals surface area contributed by atoms with Crippen molar-refractivity contribution in [1.82, 2.24) is 0 Å². The number of methoxy groups -OCH3 is 1. The number of fused-ring (bicyclic) bond motifs is 1. The Morgan fingerprint density at radius 1 is 1.15 bits per heavy atom. The second kappa shape index (κ2) is 4.36. The average Bonchev–Trinajstić information content (AvgIpc) is 2.87. The molecule has 5 fully saturated rings. The Morgan fingerprint density at radius 2 is 1.85 bits per heavy atom. The number of ether oxygens (including phenoxy) is 1. The minimum atomic E-state index is -0.753. The molecule has 1 heterocycles. The average molecular weight is 359 g/mol. The molecule has 0 aromatic carbocycles. The Labute approximate surface area is 154 Å². The summed E-state index contributed by atoms with van der Waals surface area (Å²) in [5, 5.41) is 4.57. The lowest BCUT2D eigenvalue weighted by Gasteiger charge is -2.58. The lowest BCUT2D eigenvalue weighted by molar-refractivity contribution is -0.205. The van der Waals surface area contributed by atoms with Crippen LogP contribution in [0.3, 0.4) is 0 Å². The minimum Gasteiger partial charge on any atom is -0.468 e. The number of esters is 1. The highest BCUT2D eigenvalue weighted by Gasteiger charge is 2.86. The van der Waals surface area contributed by atoms with Crippen LogP contribution in [-0.2, 0) is 19.2 Å². The molecular weight excluding hydrogens is 330 g/mol.